The van der Waals surface area contributed by atoms with Crippen LogP contribution in [0.2, 0.25) is 0 Å². The van der Waals surface area contributed by atoms with E-state index in [9.17, 15) is 9.59 Å². The molecule has 3 rings (SSSR count). The van der Waals surface area contributed by atoms with Crippen molar-refractivity contribution in [3.8, 4) is 5.75 Å². The fraction of sp³-hybridized carbons (Fsp3) is 0.222. The van der Waals surface area contributed by atoms with Crippen LogP contribution < -0.4 is 4.74 Å². The minimum atomic E-state index is -0.387. The number of rotatable bonds is 3. The van der Waals surface area contributed by atoms with Gasteiger partial charge in [-0.2, -0.15) is 0 Å². The Hall–Kier alpha value is -2.82. The molecular weight excluding hydrogens is 294 g/mol. The summed E-state index contributed by atoms with van der Waals surface area (Å²) in [5.74, 6) is 0.703. The second-order valence-electron chi connectivity index (χ2n) is 5.30. The molecule has 0 saturated carbocycles. The van der Waals surface area contributed by atoms with Crippen LogP contribution in [-0.4, -0.2) is 30.4 Å². The normalized spacial score (nSPS) is 13.5. The third-order valence-corrected chi connectivity index (χ3v) is 3.66. The van der Waals surface area contributed by atoms with Gasteiger partial charge in [-0.15, -0.1) is 0 Å². The maximum Gasteiger partial charge on any atom is 0.410 e. The van der Waals surface area contributed by atoms with E-state index in [1.165, 1.54) is 0 Å². The van der Waals surface area contributed by atoms with Crippen molar-refractivity contribution in [1.82, 2.24) is 4.90 Å². The van der Waals surface area contributed by atoms with E-state index < -0.39 is 0 Å². The SMILES string of the molecule is O=Cc1ccc2c(c1)CN(C(=O)OCc1ccccc1)CCO2. The fourth-order valence-corrected chi connectivity index (χ4v) is 2.45. The summed E-state index contributed by atoms with van der Waals surface area (Å²) < 4.78 is 11.0. The van der Waals surface area contributed by atoms with Gasteiger partial charge in [-0.05, 0) is 23.8 Å². The van der Waals surface area contributed by atoms with Gasteiger partial charge in [-0.1, -0.05) is 30.3 Å². The third kappa shape index (κ3) is 3.69. The van der Waals surface area contributed by atoms with E-state index in [0.29, 0.717) is 31.0 Å². The summed E-state index contributed by atoms with van der Waals surface area (Å²) in [5.41, 5.74) is 2.31. The van der Waals surface area contributed by atoms with Crippen molar-refractivity contribution in [1.29, 1.82) is 0 Å². The monoisotopic (exact) mass is 311 g/mol. The number of aldehydes is 1. The number of carbonyl (C=O) groups is 2. The van der Waals surface area contributed by atoms with Crippen LogP contribution in [0.4, 0.5) is 4.79 Å². The van der Waals surface area contributed by atoms with Crippen molar-refractivity contribution >= 4 is 12.4 Å². The van der Waals surface area contributed by atoms with E-state index in [0.717, 1.165) is 17.4 Å². The number of hydrogen-bond donors (Lipinski definition) is 0. The van der Waals surface area contributed by atoms with Gasteiger partial charge < -0.3 is 14.4 Å². The van der Waals surface area contributed by atoms with Crippen molar-refractivity contribution in [2.75, 3.05) is 13.2 Å². The summed E-state index contributed by atoms with van der Waals surface area (Å²) in [5, 5.41) is 0. The number of benzene rings is 2. The van der Waals surface area contributed by atoms with Gasteiger partial charge in [0.15, 0.2) is 0 Å². The van der Waals surface area contributed by atoms with Crippen molar-refractivity contribution < 1.29 is 19.1 Å². The van der Waals surface area contributed by atoms with Gasteiger partial charge in [0.1, 0.15) is 25.2 Å². The summed E-state index contributed by atoms with van der Waals surface area (Å²) in [6.45, 7) is 1.44. The first kappa shape index (κ1) is 15.1. The molecule has 0 atom stereocenters. The molecule has 0 fully saturated rings. The van der Waals surface area contributed by atoms with Crippen LogP contribution in [0.5, 0.6) is 5.75 Å². The molecule has 2 aromatic carbocycles. The van der Waals surface area contributed by atoms with E-state index in [2.05, 4.69) is 0 Å². The Labute approximate surface area is 134 Å². The summed E-state index contributed by atoms with van der Waals surface area (Å²) in [7, 11) is 0. The van der Waals surface area contributed by atoms with E-state index in [4.69, 9.17) is 9.47 Å². The number of nitrogens with zero attached hydrogens (tertiary/aromatic N) is 1. The van der Waals surface area contributed by atoms with Crippen molar-refractivity contribution in [3.63, 3.8) is 0 Å². The van der Waals surface area contributed by atoms with Crippen molar-refractivity contribution in [3.05, 3.63) is 65.2 Å². The molecule has 2 aromatic rings. The molecule has 23 heavy (non-hydrogen) atoms. The largest absolute Gasteiger partial charge is 0.491 e. The van der Waals surface area contributed by atoms with Gasteiger partial charge in [0, 0.05) is 11.1 Å². The van der Waals surface area contributed by atoms with Crippen LogP contribution in [-0.2, 0) is 17.9 Å². The Bertz CT molecular complexity index is 699. The molecule has 0 spiro atoms. The Kier molecular flexibility index (Phi) is 4.57. The van der Waals surface area contributed by atoms with E-state index >= 15 is 0 Å². The van der Waals surface area contributed by atoms with Gasteiger partial charge in [0.25, 0.3) is 0 Å². The molecule has 0 aliphatic carbocycles. The minimum absolute atomic E-state index is 0.234. The number of amides is 1. The molecule has 5 heteroatoms. The second kappa shape index (κ2) is 6.96. The Morgan fingerprint density at radius 2 is 2.04 bits per heavy atom. The van der Waals surface area contributed by atoms with E-state index in [1.54, 1.807) is 23.1 Å². The minimum Gasteiger partial charge on any atom is -0.491 e. The highest BCUT2D eigenvalue weighted by atomic mass is 16.6. The average molecular weight is 311 g/mol. The lowest BCUT2D eigenvalue weighted by Gasteiger charge is -2.19. The van der Waals surface area contributed by atoms with Crippen LogP contribution in [0.3, 0.4) is 0 Å². The highest BCUT2D eigenvalue weighted by Crippen LogP contribution is 2.24. The molecule has 1 heterocycles. The molecule has 1 amide bonds. The van der Waals surface area contributed by atoms with Gasteiger partial charge >= 0.3 is 6.09 Å². The number of ether oxygens (including phenoxy) is 2. The first-order valence-electron chi connectivity index (χ1n) is 7.43. The Morgan fingerprint density at radius 1 is 1.22 bits per heavy atom. The molecule has 118 valence electrons. The predicted molar refractivity (Wildman–Crippen MR) is 84.4 cm³/mol. The molecule has 0 unspecified atom stereocenters. The number of fused-ring (bicyclic) bond motifs is 1. The zero-order valence-electron chi connectivity index (χ0n) is 12.6. The molecule has 5 nitrogen and oxygen atoms in total. The summed E-state index contributed by atoms with van der Waals surface area (Å²) >= 11 is 0. The maximum absolute atomic E-state index is 12.3. The fourth-order valence-electron chi connectivity index (χ4n) is 2.45. The topological polar surface area (TPSA) is 55.8 Å². The lowest BCUT2D eigenvalue weighted by molar-refractivity contribution is 0.0913. The molecule has 0 saturated heterocycles. The van der Waals surface area contributed by atoms with Gasteiger partial charge in [0.05, 0.1) is 13.1 Å². The lowest BCUT2D eigenvalue weighted by Crippen LogP contribution is -2.32. The molecule has 1 aliphatic rings. The smallest absolute Gasteiger partial charge is 0.410 e. The zero-order valence-corrected chi connectivity index (χ0v) is 12.6. The van der Waals surface area contributed by atoms with Gasteiger partial charge in [-0.3, -0.25) is 4.79 Å². The molecule has 0 N–H and O–H groups in total. The average Bonchev–Trinajstić information content (AvgIpc) is 2.82. The van der Waals surface area contributed by atoms with Gasteiger partial charge in [-0.25, -0.2) is 4.79 Å². The van der Waals surface area contributed by atoms with E-state index in [1.807, 2.05) is 30.3 Å². The van der Waals surface area contributed by atoms with Crippen molar-refractivity contribution in [2.45, 2.75) is 13.2 Å². The van der Waals surface area contributed by atoms with E-state index in [-0.39, 0.29) is 12.7 Å². The van der Waals surface area contributed by atoms with Crippen LogP contribution >= 0.6 is 0 Å². The Balaban J connectivity index is 1.67. The summed E-state index contributed by atoms with van der Waals surface area (Å²) in [4.78, 5) is 24.8. The molecule has 0 aromatic heterocycles. The highest BCUT2D eigenvalue weighted by molar-refractivity contribution is 5.76. The van der Waals surface area contributed by atoms with Crippen LogP contribution in [0, 0.1) is 0 Å². The zero-order chi connectivity index (χ0) is 16.1. The summed E-state index contributed by atoms with van der Waals surface area (Å²) in [6, 6.07) is 14.7. The Morgan fingerprint density at radius 3 is 2.83 bits per heavy atom. The summed E-state index contributed by atoms with van der Waals surface area (Å²) in [6.07, 6.45) is 0.394. The molecule has 1 aliphatic heterocycles. The quantitative estimate of drug-likeness (QED) is 0.818. The maximum atomic E-state index is 12.3. The number of carbonyl (C=O) groups excluding carboxylic acids is 2. The van der Waals surface area contributed by atoms with Gasteiger partial charge in [0.2, 0.25) is 0 Å². The third-order valence-electron chi connectivity index (χ3n) is 3.66. The predicted octanol–water partition coefficient (Wildman–Crippen LogP) is 3.03. The molecule has 0 bridgehead atoms. The van der Waals surface area contributed by atoms with Crippen LogP contribution in [0.25, 0.3) is 0 Å². The number of hydrogen-bond acceptors (Lipinski definition) is 4. The highest BCUT2D eigenvalue weighted by Gasteiger charge is 2.21. The standard InChI is InChI=1S/C18H17NO4/c20-12-15-6-7-17-16(10-15)11-19(8-9-22-17)18(21)23-13-14-4-2-1-3-5-14/h1-7,10,12H,8-9,11,13H2. The molecular formula is C18H17NO4. The first-order valence-corrected chi connectivity index (χ1v) is 7.43. The van der Waals surface area contributed by atoms with Crippen LogP contribution in [0.15, 0.2) is 48.5 Å². The second-order valence-corrected chi connectivity index (χ2v) is 5.30. The molecule has 0 radical (unpaired) electrons. The first-order chi connectivity index (χ1) is 11.3. The lowest BCUT2D eigenvalue weighted by atomic mass is 10.1. The van der Waals surface area contributed by atoms with Crippen molar-refractivity contribution in [2.24, 2.45) is 0 Å². The van der Waals surface area contributed by atoms with Crippen LogP contribution in [0.1, 0.15) is 21.5 Å².